The molecule has 0 aromatic rings. The summed E-state index contributed by atoms with van der Waals surface area (Å²) in [5.41, 5.74) is 0. The monoisotopic (exact) mass is 298 g/mol. The highest BCUT2D eigenvalue weighted by Gasteiger charge is 2.27. The van der Waals surface area contributed by atoms with E-state index >= 15 is 0 Å². The molecule has 1 aliphatic carbocycles. The molecule has 3 N–H and O–H groups in total. The molecule has 0 bridgehead atoms. The number of carbonyl (C=O) groups is 2. The topological polar surface area (TPSA) is 89.9 Å². The van der Waals surface area contributed by atoms with Crippen LogP contribution in [0.2, 0.25) is 0 Å². The van der Waals surface area contributed by atoms with Crippen LogP contribution in [0.5, 0.6) is 0 Å². The van der Waals surface area contributed by atoms with Crippen molar-refractivity contribution in [2.75, 3.05) is 26.2 Å². The second-order valence-corrected chi connectivity index (χ2v) is 6.35. The molecule has 1 saturated carbocycles. The van der Waals surface area contributed by atoms with E-state index in [1.54, 1.807) is 0 Å². The van der Waals surface area contributed by atoms with E-state index in [0.29, 0.717) is 31.5 Å². The molecule has 0 aromatic carbocycles. The van der Waals surface area contributed by atoms with Crippen molar-refractivity contribution in [3.8, 4) is 0 Å². The number of amides is 2. The number of carbonyl (C=O) groups excluding carboxylic acids is 1. The van der Waals surface area contributed by atoms with E-state index in [-0.39, 0.29) is 18.6 Å². The van der Waals surface area contributed by atoms with Gasteiger partial charge in [-0.1, -0.05) is 0 Å². The minimum atomic E-state index is -0.691. The Morgan fingerprint density at radius 3 is 2.14 bits per heavy atom. The number of nitrogens with one attached hydrogen (secondary N) is 1. The summed E-state index contributed by atoms with van der Waals surface area (Å²) in [7, 11) is 0. The zero-order valence-electron chi connectivity index (χ0n) is 12.5. The van der Waals surface area contributed by atoms with Gasteiger partial charge in [0.25, 0.3) is 0 Å². The second kappa shape index (κ2) is 7.64. The van der Waals surface area contributed by atoms with Gasteiger partial charge in [-0.25, -0.2) is 4.79 Å². The summed E-state index contributed by atoms with van der Waals surface area (Å²) < 4.78 is 0. The number of hydrogen-bond donors (Lipinski definition) is 3. The molecule has 0 atom stereocenters. The molecule has 0 aromatic heterocycles. The lowest BCUT2D eigenvalue weighted by atomic mass is 9.82. The van der Waals surface area contributed by atoms with Crippen LogP contribution in [-0.2, 0) is 4.79 Å². The predicted octanol–water partition coefficient (Wildman–Crippen LogP) is 1.29. The number of rotatable bonds is 4. The Hall–Kier alpha value is -1.30. The van der Waals surface area contributed by atoms with Gasteiger partial charge >= 0.3 is 12.0 Å². The van der Waals surface area contributed by atoms with E-state index in [0.717, 1.165) is 38.5 Å². The lowest BCUT2D eigenvalue weighted by molar-refractivity contribution is -0.143. The first-order valence-corrected chi connectivity index (χ1v) is 7.96. The standard InChI is InChI=1S/C15H26N2O4/c18-10-12-5-7-17(8-6-12)15(21)16-9-11-1-3-13(4-2-11)14(19)20/h11-13,18H,1-10H2,(H,16,21)(H,19,20). The highest BCUT2D eigenvalue weighted by atomic mass is 16.4. The molecule has 1 saturated heterocycles. The Kier molecular flexibility index (Phi) is 5.85. The number of piperidine rings is 1. The number of urea groups is 1. The van der Waals surface area contributed by atoms with Gasteiger partial charge in [-0.3, -0.25) is 4.79 Å². The number of aliphatic carboxylic acids is 1. The van der Waals surface area contributed by atoms with Crippen LogP contribution in [0.4, 0.5) is 4.79 Å². The fourth-order valence-electron chi connectivity index (χ4n) is 3.28. The third-order valence-corrected chi connectivity index (χ3v) is 4.90. The zero-order valence-corrected chi connectivity index (χ0v) is 12.5. The number of aliphatic hydroxyl groups is 1. The van der Waals surface area contributed by atoms with Crippen molar-refractivity contribution in [1.82, 2.24) is 10.2 Å². The first kappa shape index (κ1) is 16.1. The maximum absolute atomic E-state index is 12.1. The van der Waals surface area contributed by atoms with Crippen LogP contribution in [0.15, 0.2) is 0 Å². The van der Waals surface area contributed by atoms with Crippen molar-refractivity contribution < 1.29 is 19.8 Å². The molecular formula is C15H26N2O4. The summed E-state index contributed by atoms with van der Waals surface area (Å²) in [5, 5.41) is 21.0. The summed E-state index contributed by atoms with van der Waals surface area (Å²) in [4.78, 5) is 24.8. The van der Waals surface area contributed by atoms with Gasteiger partial charge in [0.15, 0.2) is 0 Å². The molecule has 6 heteroatoms. The Labute approximate surface area is 125 Å². The third-order valence-electron chi connectivity index (χ3n) is 4.90. The molecule has 2 rings (SSSR count). The number of aliphatic hydroxyl groups excluding tert-OH is 1. The number of nitrogens with zero attached hydrogens (tertiary/aromatic N) is 1. The van der Waals surface area contributed by atoms with Gasteiger partial charge in [0, 0.05) is 26.2 Å². The summed E-state index contributed by atoms with van der Waals surface area (Å²) in [6.07, 6.45) is 4.93. The van der Waals surface area contributed by atoms with Gasteiger partial charge in [-0.05, 0) is 50.4 Å². The van der Waals surface area contributed by atoms with E-state index in [2.05, 4.69) is 5.32 Å². The molecule has 6 nitrogen and oxygen atoms in total. The largest absolute Gasteiger partial charge is 0.481 e. The second-order valence-electron chi connectivity index (χ2n) is 6.35. The van der Waals surface area contributed by atoms with E-state index in [9.17, 15) is 9.59 Å². The fraction of sp³-hybridized carbons (Fsp3) is 0.867. The van der Waals surface area contributed by atoms with Crippen LogP contribution in [0, 0.1) is 17.8 Å². The molecule has 1 aliphatic heterocycles. The lowest BCUT2D eigenvalue weighted by Gasteiger charge is -2.32. The minimum absolute atomic E-state index is 0.0215. The van der Waals surface area contributed by atoms with E-state index in [1.165, 1.54) is 0 Å². The van der Waals surface area contributed by atoms with Gasteiger partial charge in [0.05, 0.1) is 5.92 Å². The minimum Gasteiger partial charge on any atom is -0.481 e. The van der Waals surface area contributed by atoms with Crippen LogP contribution in [0.3, 0.4) is 0 Å². The van der Waals surface area contributed by atoms with Gasteiger partial charge < -0.3 is 20.4 Å². The van der Waals surface area contributed by atoms with Crippen LogP contribution >= 0.6 is 0 Å². The molecule has 0 spiro atoms. The first-order valence-electron chi connectivity index (χ1n) is 7.96. The Bertz CT molecular complexity index is 359. The molecule has 2 aliphatic rings. The average Bonchev–Trinajstić information content (AvgIpc) is 2.53. The maximum Gasteiger partial charge on any atom is 0.317 e. The molecule has 21 heavy (non-hydrogen) atoms. The molecule has 120 valence electrons. The van der Waals surface area contributed by atoms with E-state index < -0.39 is 5.97 Å². The Balaban J connectivity index is 1.65. The average molecular weight is 298 g/mol. The summed E-state index contributed by atoms with van der Waals surface area (Å²) in [5.74, 6) is -0.154. The van der Waals surface area contributed by atoms with Gasteiger partial charge in [0.1, 0.15) is 0 Å². The van der Waals surface area contributed by atoms with Gasteiger partial charge in [-0.15, -0.1) is 0 Å². The fourth-order valence-corrected chi connectivity index (χ4v) is 3.28. The quantitative estimate of drug-likeness (QED) is 0.729. The zero-order chi connectivity index (χ0) is 15.2. The summed E-state index contributed by atoms with van der Waals surface area (Å²) in [6, 6.07) is -0.0215. The summed E-state index contributed by atoms with van der Waals surface area (Å²) >= 11 is 0. The SMILES string of the molecule is O=C(O)C1CCC(CNC(=O)N2CCC(CO)CC2)CC1. The van der Waals surface area contributed by atoms with Crippen molar-refractivity contribution in [3.05, 3.63) is 0 Å². The molecule has 2 fully saturated rings. The highest BCUT2D eigenvalue weighted by molar-refractivity contribution is 5.74. The third kappa shape index (κ3) is 4.59. The number of hydrogen-bond acceptors (Lipinski definition) is 3. The van der Waals surface area contributed by atoms with Crippen molar-refractivity contribution in [1.29, 1.82) is 0 Å². The van der Waals surface area contributed by atoms with Crippen molar-refractivity contribution >= 4 is 12.0 Å². The van der Waals surface area contributed by atoms with E-state index in [4.69, 9.17) is 10.2 Å². The smallest absolute Gasteiger partial charge is 0.317 e. The highest BCUT2D eigenvalue weighted by Crippen LogP contribution is 2.28. The first-order chi connectivity index (χ1) is 10.1. The van der Waals surface area contributed by atoms with Crippen LogP contribution in [-0.4, -0.2) is 53.4 Å². The molecular weight excluding hydrogens is 272 g/mol. The van der Waals surface area contributed by atoms with Gasteiger partial charge in [0.2, 0.25) is 0 Å². The molecule has 0 unspecified atom stereocenters. The summed E-state index contributed by atoms with van der Waals surface area (Å²) in [6.45, 7) is 2.28. The van der Waals surface area contributed by atoms with E-state index in [1.807, 2.05) is 4.90 Å². The maximum atomic E-state index is 12.1. The Morgan fingerprint density at radius 2 is 1.62 bits per heavy atom. The molecule has 1 heterocycles. The van der Waals surface area contributed by atoms with Crippen molar-refractivity contribution in [2.24, 2.45) is 17.8 Å². The normalized spacial score (nSPS) is 27.4. The molecule has 0 radical (unpaired) electrons. The van der Waals surface area contributed by atoms with Gasteiger partial charge in [-0.2, -0.15) is 0 Å². The molecule has 2 amide bonds. The lowest BCUT2D eigenvalue weighted by Crippen LogP contribution is -2.46. The number of carboxylic acids is 1. The van der Waals surface area contributed by atoms with Crippen LogP contribution < -0.4 is 5.32 Å². The number of carboxylic acid groups (broad SMARTS) is 1. The van der Waals surface area contributed by atoms with Crippen molar-refractivity contribution in [3.63, 3.8) is 0 Å². The van der Waals surface area contributed by atoms with Crippen molar-refractivity contribution in [2.45, 2.75) is 38.5 Å². The predicted molar refractivity (Wildman–Crippen MR) is 77.9 cm³/mol. The number of likely N-dealkylation sites (tertiary alicyclic amines) is 1. The van der Waals surface area contributed by atoms with Crippen LogP contribution in [0.1, 0.15) is 38.5 Å². The Morgan fingerprint density at radius 1 is 1.00 bits per heavy atom. The van der Waals surface area contributed by atoms with Crippen LogP contribution in [0.25, 0.3) is 0 Å².